The number of rotatable bonds is 7. The Morgan fingerprint density at radius 1 is 1.30 bits per heavy atom. The molecular weight excluding hydrogens is 360 g/mol. The molecule has 27 heavy (non-hydrogen) atoms. The third-order valence-electron chi connectivity index (χ3n) is 5.08. The fraction of sp³-hybridized carbons (Fsp3) is 0.550. The summed E-state index contributed by atoms with van der Waals surface area (Å²) in [5.74, 6) is 2.51. The van der Waals surface area contributed by atoms with E-state index in [-0.39, 0.29) is 12.0 Å². The summed E-state index contributed by atoms with van der Waals surface area (Å²) in [6.45, 7) is 4.17. The summed E-state index contributed by atoms with van der Waals surface area (Å²) in [6, 6.07) is 9.96. The molecule has 1 aliphatic carbocycles. The van der Waals surface area contributed by atoms with E-state index in [1.807, 2.05) is 48.9 Å². The van der Waals surface area contributed by atoms with Crippen molar-refractivity contribution in [1.82, 2.24) is 20.1 Å². The van der Waals surface area contributed by atoms with E-state index in [1.165, 1.54) is 31.0 Å². The van der Waals surface area contributed by atoms with Crippen molar-refractivity contribution in [2.45, 2.75) is 56.8 Å². The summed E-state index contributed by atoms with van der Waals surface area (Å²) in [7, 11) is 1.91. The predicted octanol–water partition coefficient (Wildman–Crippen LogP) is 3.74. The molecule has 0 bridgehead atoms. The monoisotopic (exact) mass is 388 g/mol. The number of nitrogens with zero attached hydrogens (tertiary/aromatic N) is 3. The second-order valence-electron chi connectivity index (χ2n) is 7.20. The van der Waals surface area contributed by atoms with Gasteiger partial charge in [0.2, 0.25) is 5.91 Å². The molecule has 1 aromatic heterocycles. The van der Waals surface area contributed by atoms with Crippen LogP contribution in [0, 0.1) is 5.92 Å². The van der Waals surface area contributed by atoms with Gasteiger partial charge >= 0.3 is 0 Å². The van der Waals surface area contributed by atoms with Gasteiger partial charge in [-0.3, -0.25) is 4.79 Å². The van der Waals surface area contributed by atoms with Gasteiger partial charge in [0.05, 0.1) is 5.75 Å². The van der Waals surface area contributed by atoms with Crippen molar-refractivity contribution < 1.29 is 9.53 Å². The van der Waals surface area contributed by atoms with Crippen molar-refractivity contribution in [1.29, 1.82) is 0 Å². The van der Waals surface area contributed by atoms with Crippen molar-refractivity contribution >= 4 is 17.7 Å². The molecule has 3 rings (SSSR count). The highest BCUT2D eigenvalue weighted by Gasteiger charge is 2.23. The molecule has 1 saturated carbocycles. The third kappa shape index (κ3) is 5.25. The lowest BCUT2D eigenvalue weighted by Crippen LogP contribution is -2.41. The molecule has 1 aliphatic rings. The van der Waals surface area contributed by atoms with Crippen LogP contribution >= 0.6 is 11.8 Å². The molecule has 1 aromatic carbocycles. The first-order valence-corrected chi connectivity index (χ1v) is 10.6. The normalized spacial score (nSPS) is 20.9. The zero-order valence-corrected chi connectivity index (χ0v) is 17.0. The number of hydrogen-bond acceptors (Lipinski definition) is 5. The summed E-state index contributed by atoms with van der Waals surface area (Å²) >= 11 is 1.41. The van der Waals surface area contributed by atoms with Crippen LogP contribution < -0.4 is 10.1 Å². The smallest absolute Gasteiger partial charge is 0.230 e. The first-order valence-electron chi connectivity index (χ1n) is 9.57. The van der Waals surface area contributed by atoms with Crippen molar-refractivity contribution in [3.8, 4) is 5.75 Å². The number of para-hydroxylation sites is 1. The van der Waals surface area contributed by atoms with Crippen molar-refractivity contribution in [2.24, 2.45) is 13.0 Å². The molecule has 1 heterocycles. The standard InChI is InChI=1S/C20H28N4O2S/c1-14-9-7-8-12-17(14)21-18(25)13-27-20-23-22-19(24(20)3)15(2)26-16-10-5-4-6-11-16/h4-6,10-11,14-15,17H,7-9,12-13H2,1-3H3,(H,21,25)/t14-,15+,17+/m1/s1. The van der Waals surface area contributed by atoms with Gasteiger partial charge in [0.25, 0.3) is 0 Å². The lowest BCUT2D eigenvalue weighted by molar-refractivity contribution is -0.119. The average Bonchev–Trinajstić information content (AvgIpc) is 3.03. The maximum absolute atomic E-state index is 12.3. The van der Waals surface area contributed by atoms with Crippen LogP contribution in [0.2, 0.25) is 0 Å². The Morgan fingerprint density at radius 2 is 2.04 bits per heavy atom. The fourth-order valence-corrected chi connectivity index (χ4v) is 4.20. The van der Waals surface area contributed by atoms with Crippen molar-refractivity contribution in [3.05, 3.63) is 36.2 Å². The molecule has 0 spiro atoms. The van der Waals surface area contributed by atoms with Crippen LogP contribution in [0.1, 0.15) is 51.5 Å². The number of carbonyl (C=O) groups excluding carboxylic acids is 1. The van der Waals surface area contributed by atoms with Gasteiger partial charge in [-0.1, -0.05) is 49.7 Å². The lowest BCUT2D eigenvalue weighted by atomic mass is 9.86. The van der Waals surface area contributed by atoms with Gasteiger partial charge in [-0.15, -0.1) is 10.2 Å². The lowest BCUT2D eigenvalue weighted by Gasteiger charge is -2.29. The Bertz CT molecular complexity index is 750. The summed E-state index contributed by atoms with van der Waals surface area (Å²) < 4.78 is 7.82. The zero-order valence-electron chi connectivity index (χ0n) is 16.2. The summed E-state index contributed by atoms with van der Waals surface area (Å²) in [4.78, 5) is 12.3. The summed E-state index contributed by atoms with van der Waals surface area (Å²) in [6.07, 6.45) is 4.53. The minimum absolute atomic E-state index is 0.0666. The molecule has 0 aliphatic heterocycles. The zero-order chi connectivity index (χ0) is 19.2. The van der Waals surface area contributed by atoms with Crippen LogP contribution in [-0.4, -0.2) is 32.5 Å². The second kappa shape index (κ2) is 9.26. The van der Waals surface area contributed by atoms with E-state index in [0.717, 1.165) is 23.2 Å². The van der Waals surface area contributed by atoms with E-state index < -0.39 is 0 Å². The highest BCUT2D eigenvalue weighted by Crippen LogP contribution is 2.25. The van der Waals surface area contributed by atoms with Gasteiger partial charge in [-0.05, 0) is 37.8 Å². The maximum atomic E-state index is 12.3. The summed E-state index contributed by atoms with van der Waals surface area (Å²) in [5.41, 5.74) is 0. The highest BCUT2D eigenvalue weighted by molar-refractivity contribution is 7.99. The quantitative estimate of drug-likeness (QED) is 0.732. The first-order chi connectivity index (χ1) is 13.0. The SMILES string of the molecule is C[C@H](Oc1ccccc1)c1nnc(SCC(=O)N[C@H]2CCCC[C@H]2C)n1C. The minimum atomic E-state index is -0.226. The van der Waals surface area contributed by atoms with Gasteiger partial charge in [-0.25, -0.2) is 0 Å². The highest BCUT2D eigenvalue weighted by atomic mass is 32.2. The number of benzene rings is 1. The Labute approximate surface area is 165 Å². The number of amides is 1. The molecule has 146 valence electrons. The molecule has 1 amide bonds. The molecule has 3 atom stereocenters. The molecule has 1 fully saturated rings. The van der Waals surface area contributed by atoms with Crippen LogP contribution in [0.15, 0.2) is 35.5 Å². The molecule has 1 N–H and O–H groups in total. The number of nitrogens with one attached hydrogen (secondary N) is 1. The van der Waals surface area contributed by atoms with Crippen LogP contribution in [0.25, 0.3) is 0 Å². The van der Waals surface area contributed by atoms with Crippen LogP contribution in [0.5, 0.6) is 5.75 Å². The maximum Gasteiger partial charge on any atom is 0.230 e. The molecule has 7 heteroatoms. The van der Waals surface area contributed by atoms with E-state index in [1.54, 1.807) is 0 Å². The van der Waals surface area contributed by atoms with Crippen LogP contribution in [0.3, 0.4) is 0 Å². The molecule has 0 saturated heterocycles. The van der Waals surface area contributed by atoms with E-state index in [4.69, 9.17) is 4.74 Å². The van der Waals surface area contributed by atoms with Gasteiger partial charge in [0.1, 0.15) is 5.75 Å². The van der Waals surface area contributed by atoms with Crippen molar-refractivity contribution in [3.63, 3.8) is 0 Å². The number of thioether (sulfide) groups is 1. The number of carbonyl (C=O) groups is 1. The first kappa shape index (κ1) is 19.7. The molecule has 6 nitrogen and oxygen atoms in total. The number of aromatic nitrogens is 3. The Hall–Kier alpha value is -2.02. The van der Waals surface area contributed by atoms with E-state index in [0.29, 0.717) is 17.7 Å². The Balaban J connectivity index is 1.53. The van der Waals surface area contributed by atoms with Crippen LogP contribution in [0.4, 0.5) is 0 Å². The largest absolute Gasteiger partial charge is 0.483 e. The molecule has 0 unspecified atom stereocenters. The van der Waals surface area contributed by atoms with Gasteiger partial charge in [-0.2, -0.15) is 0 Å². The molecule has 0 radical (unpaired) electrons. The predicted molar refractivity (Wildman–Crippen MR) is 107 cm³/mol. The van der Waals surface area contributed by atoms with E-state index >= 15 is 0 Å². The van der Waals surface area contributed by atoms with Crippen molar-refractivity contribution in [2.75, 3.05) is 5.75 Å². The fourth-order valence-electron chi connectivity index (χ4n) is 3.47. The average molecular weight is 389 g/mol. The van der Waals surface area contributed by atoms with E-state index in [9.17, 15) is 4.79 Å². The van der Waals surface area contributed by atoms with Gasteiger partial charge in [0.15, 0.2) is 17.1 Å². The van der Waals surface area contributed by atoms with Gasteiger partial charge in [0, 0.05) is 13.1 Å². The van der Waals surface area contributed by atoms with Gasteiger partial charge < -0.3 is 14.6 Å². The Morgan fingerprint density at radius 3 is 2.78 bits per heavy atom. The Kier molecular flexibility index (Phi) is 6.77. The van der Waals surface area contributed by atoms with E-state index in [2.05, 4.69) is 22.4 Å². The topological polar surface area (TPSA) is 69.0 Å². The number of ether oxygens (including phenoxy) is 1. The molecule has 2 aromatic rings. The van der Waals surface area contributed by atoms with Crippen LogP contribution in [-0.2, 0) is 11.8 Å². The minimum Gasteiger partial charge on any atom is -0.483 e. The summed E-state index contributed by atoms with van der Waals surface area (Å²) in [5, 5.41) is 12.4. The second-order valence-corrected chi connectivity index (χ2v) is 8.14. The molecular formula is C20H28N4O2S. The number of hydrogen-bond donors (Lipinski definition) is 1. The third-order valence-corrected chi connectivity index (χ3v) is 6.10.